The third-order valence-electron chi connectivity index (χ3n) is 1.33. The Labute approximate surface area is 104 Å². The first-order chi connectivity index (χ1) is 5.91. The van der Waals surface area contributed by atoms with Gasteiger partial charge in [-0.3, -0.25) is 5.88 Å². The summed E-state index contributed by atoms with van der Waals surface area (Å²) in [6.45, 7) is 0. The molecular weight excluding hydrogens is 420 g/mol. The average Bonchev–Trinajstić information content (AvgIpc) is 2.03. The highest BCUT2D eigenvalue weighted by Gasteiger charge is 2.08. The highest BCUT2D eigenvalue weighted by molar-refractivity contribution is 14.2. The zero-order valence-corrected chi connectivity index (χ0v) is 11.3. The average molecular weight is 425 g/mol. The first kappa shape index (κ1) is 11.5. The number of halogens is 2. The van der Waals surface area contributed by atoms with Gasteiger partial charge >= 0.3 is 0 Å². The van der Waals surface area contributed by atoms with E-state index < -0.39 is 10.1 Å². The fourth-order valence-corrected chi connectivity index (χ4v) is 1.85. The Morgan fingerprint density at radius 3 is 1.92 bits per heavy atom. The Kier molecular flexibility index (Phi) is 3.77. The SMILES string of the molecule is O=S(=O)(O)c1ccc(N(I)I)cc1. The van der Waals surface area contributed by atoms with Crippen LogP contribution in [0.25, 0.3) is 0 Å². The Morgan fingerprint density at radius 1 is 1.15 bits per heavy atom. The lowest BCUT2D eigenvalue weighted by Crippen LogP contribution is -1.98. The van der Waals surface area contributed by atoms with Gasteiger partial charge in [0.15, 0.2) is 0 Å². The van der Waals surface area contributed by atoms with Gasteiger partial charge in [0.2, 0.25) is 0 Å². The molecule has 4 nitrogen and oxygen atoms in total. The van der Waals surface area contributed by atoms with Crippen molar-refractivity contribution in [1.29, 1.82) is 0 Å². The van der Waals surface area contributed by atoms with E-state index in [-0.39, 0.29) is 4.90 Å². The van der Waals surface area contributed by atoms with Crippen molar-refractivity contribution in [2.75, 3.05) is 1.33 Å². The first-order valence-electron chi connectivity index (χ1n) is 3.10. The molecule has 1 aromatic rings. The van der Waals surface area contributed by atoms with Crippen molar-refractivity contribution in [2.45, 2.75) is 4.90 Å². The molecule has 13 heavy (non-hydrogen) atoms. The number of rotatable bonds is 2. The van der Waals surface area contributed by atoms with E-state index in [0.717, 1.165) is 5.69 Å². The molecule has 0 saturated carbocycles. The van der Waals surface area contributed by atoms with E-state index in [9.17, 15) is 8.42 Å². The van der Waals surface area contributed by atoms with E-state index in [1.165, 1.54) is 12.1 Å². The second-order valence-electron chi connectivity index (χ2n) is 2.20. The lowest BCUT2D eigenvalue weighted by molar-refractivity contribution is 0.483. The molecule has 0 aromatic heterocycles. The van der Waals surface area contributed by atoms with Gasteiger partial charge in [-0.05, 0) is 24.3 Å². The molecule has 0 radical (unpaired) electrons. The summed E-state index contributed by atoms with van der Waals surface area (Å²) in [6.07, 6.45) is 0. The smallest absolute Gasteiger partial charge is 0.282 e. The summed E-state index contributed by atoms with van der Waals surface area (Å²) in [4.78, 5) is -0.0918. The molecule has 0 aliphatic heterocycles. The summed E-state index contributed by atoms with van der Waals surface area (Å²) in [5.41, 5.74) is 0.855. The number of nitrogens with zero attached hydrogens (tertiary/aromatic N) is 1. The minimum atomic E-state index is -4.07. The van der Waals surface area contributed by atoms with Gasteiger partial charge in [-0.1, -0.05) is 0 Å². The second kappa shape index (κ2) is 4.28. The number of hydrogen-bond donors (Lipinski definition) is 1. The van der Waals surface area contributed by atoms with Crippen molar-refractivity contribution in [3.8, 4) is 0 Å². The van der Waals surface area contributed by atoms with Crippen LogP contribution in [-0.4, -0.2) is 13.0 Å². The summed E-state index contributed by atoms with van der Waals surface area (Å²) in [5, 5.41) is 0. The van der Waals surface area contributed by atoms with Crippen LogP contribution < -0.4 is 1.33 Å². The van der Waals surface area contributed by atoms with Gasteiger partial charge in [-0.25, -0.2) is 0 Å². The van der Waals surface area contributed by atoms with E-state index in [1.54, 1.807) is 13.5 Å². The van der Waals surface area contributed by atoms with E-state index in [2.05, 4.69) is 0 Å². The van der Waals surface area contributed by atoms with Crippen LogP contribution in [0.2, 0.25) is 0 Å². The van der Waals surface area contributed by atoms with Crippen molar-refractivity contribution in [1.82, 2.24) is 0 Å². The van der Waals surface area contributed by atoms with Crippen molar-refractivity contribution >= 4 is 61.5 Å². The van der Waals surface area contributed by atoms with Crippen molar-refractivity contribution < 1.29 is 13.0 Å². The maximum Gasteiger partial charge on any atom is 0.294 e. The van der Waals surface area contributed by atoms with Crippen LogP contribution in [0.1, 0.15) is 0 Å². The monoisotopic (exact) mass is 425 g/mol. The lowest BCUT2D eigenvalue weighted by atomic mass is 10.3. The molecule has 1 rings (SSSR count). The maximum atomic E-state index is 10.7. The van der Waals surface area contributed by atoms with Crippen LogP contribution in [0.4, 0.5) is 5.69 Å². The van der Waals surface area contributed by atoms with Gasteiger partial charge in [-0.2, -0.15) is 8.42 Å². The Balaban J connectivity index is 3.08. The summed E-state index contributed by atoms with van der Waals surface area (Å²) < 4.78 is 31.8. The number of benzene rings is 1. The van der Waals surface area contributed by atoms with Gasteiger partial charge in [0.25, 0.3) is 10.1 Å². The summed E-state index contributed by atoms with van der Waals surface area (Å²) in [5.74, 6) is 0. The summed E-state index contributed by atoms with van der Waals surface area (Å²) in [6, 6.07) is 5.94. The largest absolute Gasteiger partial charge is 0.294 e. The molecule has 0 aliphatic carbocycles. The molecule has 0 spiro atoms. The van der Waals surface area contributed by atoms with Crippen LogP contribution in [0.5, 0.6) is 0 Å². The van der Waals surface area contributed by atoms with Gasteiger partial charge < -0.3 is 0 Å². The van der Waals surface area contributed by atoms with Crippen LogP contribution in [0, 0.1) is 0 Å². The van der Waals surface area contributed by atoms with Gasteiger partial charge in [0.05, 0.1) is 56.3 Å². The summed E-state index contributed by atoms with van der Waals surface area (Å²) >= 11 is 4.10. The molecule has 1 N–H and O–H groups in total. The molecule has 0 aliphatic rings. The first-order valence-corrected chi connectivity index (χ1v) is 6.47. The van der Waals surface area contributed by atoms with Crippen molar-refractivity contribution in [3.63, 3.8) is 0 Å². The van der Waals surface area contributed by atoms with E-state index in [4.69, 9.17) is 4.55 Å². The molecule has 0 heterocycles. The highest BCUT2D eigenvalue weighted by atomic mass is 127. The van der Waals surface area contributed by atoms with E-state index in [0.29, 0.717) is 0 Å². The Bertz CT molecular complexity index is 387. The predicted octanol–water partition coefficient (Wildman–Crippen LogP) is 2.44. The van der Waals surface area contributed by atoms with E-state index >= 15 is 0 Å². The molecule has 0 amide bonds. The quantitative estimate of drug-likeness (QED) is 0.450. The van der Waals surface area contributed by atoms with Crippen LogP contribution in [0.3, 0.4) is 0 Å². The zero-order valence-electron chi connectivity index (χ0n) is 6.18. The maximum absolute atomic E-state index is 10.7. The molecule has 0 unspecified atom stereocenters. The Hall–Kier alpha value is 0.390. The third kappa shape index (κ3) is 3.22. The zero-order chi connectivity index (χ0) is 10.1. The lowest BCUT2D eigenvalue weighted by Gasteiger charge is -2.06. The number of anilines is 1. The highest BCUT2D eigenvalue weighted by Crippen LogP contribution is 2.23. The van der Waals surface area contributed by atoms with Crippen LogP contribution in [0.15, 0.2) is 29.2 Å². The van der Waals surface area contributed by atoms with Crippen LogP contribution in [-0.2, 0) is 10.1 Å². The van der Waals surface area contributed by atoms with Gasteiger partial charge in [-0.15, -0.1) is 0 Å². The second-order valence-corrected chi connectivity index (χ2v) is 7.40. The predicted molar refractivity (Wildman–Crippen MR) is 66.8 cm³/mol. The van der Waals surface area contributed by atoms with Crippen LogP contribution >= 0.6 is 45.7 Å². The minimum absolute atomic E-state index is 0.0918. The van der Waals surface area contributed by atoms with Crippen molar-refractivity contribution in [3.05, 3.63) is 24.3 Å². The molecule has 0 fully saturated rings. The standard InChI is InChI=1S/C6H5I2NO3S/c7-9(8)5-1-3-6(4-2-5)13(10,11)12/h1-4H,(H,10,11,12). The normalized spacial score (nSPS) is 11.3. The van der Waals surface area contributed by atoms with Gasteiger partial charge in [0, 0.05) is 0 Å². The molecule has 7 heteroatoms. The Morgan fingerprint density at radius 2 is 1.62 bits per heavy atom. The minimum Gasteiger partial charge on any atom is -0.282 e. The van der Waals surface area contributed by atoms with E-state index in [1.807, 2.05) is 45.7 Å². The molecular formula is C6H5I2NO3S. The van der Waals surface area contributed by atoms with Crippen molar-refractivity contribution in [2.24, 2.45) is 0 Å². The van der Waals surface area contributed by atoms with Gasteiger partial charge in [0.1, 0.15) is 0 Å². The molecule has 0 saturated heterocycles. The fraction of sp³-hybridized carbons (Fsp3) is 0. The topological polar surface area (TPSA) is 57.6 Å². The molecule has 0 bridgehead atoms. The fourth-order valence-electron chi connectivity index (χ4n) is 0.731. The molecule has 0 atom stereocenters. The third-order valence-corrected chi connectivity index (χ3v) is 3.31. The number of hydrogen-bond acceptors (Lipinski definition) is 3. The summed E-state index contributed by atoms with van der Waals surface area (Å²) in [7, 11) is -4.07. The molecule has 72 valence electrons. The molecule has 1 aromatic carbocycles.